The minimum Gasteiger partial charge on any atom is -0.307 e. The molecule has 0 saturated heterocycles. The van der Waals surface area contributed by atoms with E-state index in [9.17, 15) is 0 Å². The third-order valence-corrected chi connectivity index (χ3v) is 6.56. The number of hydrogen-bond acceptors (Lipinski definition) is 3. The molecule has 0 radical (unpaired) electrons. The quantitative estimate of drug-likeness (QED) is 0.279. The molecule has 0 fully saturated rings. The van der Waals surface area contributed by atoms with Gasteiger partial charge < -0.3 is 4.90 Å². The summed E-state index contributed by atoms with van der Waals surface area (Å²) in [6.07, 6.45) is 1.21. The molecule has 4 aromatic rings. The normalized spacial score (nSPS) is 11.5. The monoisotopic (exact) mass is 428 g/mol. The van der Waals surface area contributed by atoms with Gasteiger partial charge in [-0.1, -0.05) is 78.2 Å². The molecule has 0 unspecified atom stereocenters. The molecule has 32 heavy (non-hydrogen) atoms. The molecule has 152 valence electrons. The van der Waals surface area contributed by atoms with Crippen LogP contribution in [0.5, 0.6) is 0 Å². The van der Waals surface area contributed by atoms with Crippen molar-refractivity contribution in [3.8, 4) is 17.9 Å². The number of nitrogens with zero attached hydrogens (tertiary/aromatic N) is 2. The SMILES string of the molecule is N#CCCc1ccccc1C#Cc1ccccc1N1c2ccccc2Sc2ccccc21. The Bertz CT molecular complexity index is 1340. The second-order valence-electron chi connectivity index (χ2n) is 7.46. The lowest BCUT2D eigenvalue weighted by molar-refractivity contribution is 1.01. The highest BCUT2D eigenvalue weighted by Crippen LogP contribution is 2.51. The first-order valence-electron chi connectivity index (χ1n) is 10.6. The van der Waals surface area contributed by atoms with Crippen LogP contribution in [0.4, 0.5) is 17.1 Å². The van der Waals surface area contributed by atoms with Gasteiger partial charge in [0.15, 0.2) is 0 Å². The molecule has 3 heteroatoms. The van der Waals surface area contributed by atoms with E-state index in [0.29, 0.717) is 12.8 Å². The second kappa shape index (κ2) is 9.06. The summed E-state index contributed by atoms with van der Waals surface area (Å²) in [5.41, 5.74) is 6.46. The summed E-state index contributed by atoms with van der Waals surface area (Å²) in [7, 11) is 0. The lowest BCUT2D eigenvalue weighted by Crippen LogP contribution is -2.15. The number of aryl methyl sites for hydroxylation is 1. The highest BCUT2D eigenvalue weighted by Gasteiger charge is 2.25. The predicted octanol–water partition coefficient (Wildman–Crippen LogP) is 7.48. The molecule has 0 N–H and O–H groups in total. The van der Waals surface area contributed by atoms with E-state index in [-0.39, 0.29) is 0 Å². The Morgan fingerprint density at radius 1 is 0.625 bits per heavy atom. The Morgan fingerprint density at radius 3 is 1.84 bits per heavy atom. The molecule has 0 aromatic heterocycles. The highest BCUT2D eigenvalue weighted by molar-refractivity contribution is 7.99. The number of rotatable bonds is 3. The molecule has 5 rings (SSSR count). The summed E-state index contributed by atoms with van der Waals surface area (Å²) in [6.45, 7) is 0. The average Bonchev–Trinajstić information content (AvgIpc) is 2.85. The van der Waals surface area contributed by atoms with Crippen LogP contribution < -0.4 is 4.90 Å². The van der Waals surface area contributed by atoms with Crippen LogP contribution in [-0.4, -0.2) is 0 Å². The summed E-state index contributed by atoms with van der Waals surface area (Å²) in [5.74, 6) is 6.80. The van der Waals surface area contributed by atoms with Crippen LogP contribution in [0.1, 0.15) is 23.1 Å². The number of para-hydroxylation sites is 3. The fraction of sp³-hybridized carbons (Fsp3) is 0.0690. The van der Waals surface area contributed by atoms with Crippen molar-refractivity contribution >= 4 is 28.8 Å². The van der Waals surface area contributed by atoms with Gasteiger partial charge in [-0.15, -0.1) is 0 Å². The largest absolute Gasteiger partial charge is 0.307 e. The first-order chi connectivity index (χ1) is 15.8. The van der Waals surface area contributed by atoms with Crippen molar-refractivity contribution in [1.29, 1.82) is 5.26 Å². The molecular formula is C29H20N2S. The number of anilines is 3. The van der Waals surface area contributed by atoms with Crippen molar-refractivity contribution < 1.29 is 0 Å². The molecule has 0 atom stereocenters. The van der Waals surface area contributed by atoms with Crippen LogP contribution in [0, 0.1) is 23.2 Å². The molecule has 1 aliphatic heterocycles. The molecule has 0 aliphatic carbocycles. The zero-order chi connectivity index (χ0) is 21.8. The van der Waals surface area contributed by atoms with E-state index >= 15 is 0 Å². The topological polar surface area (TPSA) is 27.0 Å². The van der Waals surface area contributed by atoms with Gasteiger partial charge >= 0.3 is 0 Å². The van der Waals surface area contributed by atoms with Gasteiger partial charge in [0.1, 0.15) is 0 Å². The van der Waals surface area contributed by atoms with E-state index in [1.807, 2.05) is 24.3 Å². The van der Waals surface area contributed by atoms with E-state index in [2.05, 4.69) is 95.6 Å². The van der Waals surface area contributed by atoms with Gasteiger partial charge in [-0.3, -0.25) is 0 Å². The van der Waals surface area contributed by atoms with Crippen molar-refractivity contribution in [2.24, 2.45) is 0 Å². The molecule has 0 amide bonds. The van der Waals surface area contributed by atoms with Gasteiger partial charge in [-0.2, -0.15) is 5.26 Å². The Kier molecular flexibility index (Phi) is 5.67. The van der Waals surface area contributed by atoms with Gasteiger partial charge in [0, 0.05) is 27.3 Å². The minimum absolute atomic E-state index is 0.494. The summed E-state index contributed by atoms with van der Waals surface area (Å²) >= 11 is 1.80. The standard InChI is InChI=1S/C29H20N2S/c30-21-9-13-22-10-1-2-11-23(22)19-20-24-12-3-4-14-25(24)31-26-15-5-7-17-28(26)32-29-18-8-6-16-27(29)31/h1-8,10-12,14-18H,9,13H2. The fourth-order valence-corrected chi connectivity index (χ4v) is 4.98. The smallest absolute Gasteiger partial charge is 0.0625 e. The Hall–Kier alpha value is -3.92. The predicted molar refractivity (Wildman–Crippen MR) is 132 cm³/mol. The van der Waals surface area contributed by atoms with Crippen molar-refractivity contribution in [2.75, 3.05) is 4.90 Å². The molecular weight excluding hydrogens is 408 g/mol. The van der Waals surface area contributed by atoms with Crippen molar-refractivity contribution in [3.05, 3.63) is 114 Å². The lowest BCUT2D eigenvalue weighted by Gasteiger charge is -2.33. The fourth-order valence-electron chi connectivity index (χ4n) is 3.92. The molecule has 0 saturated carbocycles. The van der Waals surface area contributed by atoms with E-state index in [1.165, 1.54) is 21.2 Å². The van der Waals surface area contributed by atoms with E-state index in [1.54, 1.807) is 11.8 Å². The third-order valence-electron chi connectivity index (χ3n) is 5.43. The zero-order valence-electron chi connectivity index (χ0n) is 17.5. The maximum atomic E-state index is 8.97. The van der Waals surface area contributed by atoms with Gasteiger partial charge in [0.25, 0.3) is 0 Å². The number of hydrogen-bond donors (Lipinski definition) is 0. The van der Waals surface area contributed by atoms with Crippen molar-refractivity contribution in [3.63, 3.8) is 0 Å². The van der Waals surface area contributed by atoms with E-state index in [0.717, 1.165) is 22.4 Å². The Balaban J connectivity index is 1.62. The van der Waals surface area contributed by atoms with Gasteiger partial charge in [0.2, 0.25) is 0 Å². The first kappa shape index (κ1) is 20.0. The van der Waals surface area contributed by atoms with Crippen molar-refractivity contribution in [1.82, 2.24) is 0 Å². The molecule has 0 spiro atoms. The average molecular weight is 429 g/mol. The summed E-state index contributed by atoms with van der Waals surface area (Å²) in [4.78, 5) is 4.78. The number of benzene rings is 4. The van der Waals surface area contributed by atoms with E-state index < -0.39 is 0 Å². The van der Waals surface area contributed by atoms with Crippen LogP contribution in [0.15, 0.2) is 107 Å². The maximum absolute atomic E-state index is 8.97. The van der Waals surface area contributed by atoms with Crippen LogP contribution in [0.2, 0.25) is 0 Å². The lowest BCUT2D eigenvalue weighted by atomic mass is 10.0. The summed E-state index contributed by atoms with van der Waals surface area (Å²) < 4.78 is 0. The molecule has 0 bridgehead atoms. The van der Waals surface area contributed by atoms with Gasteiger partial charge in [-0.25, -0.2) is 0 Å². The zero-order valence-corrected chi connectivity index (χ0v) is 18.3. The molecule has 1 heterocycles. The van der Waals surface area contributed by atoms with Crippen LogP contribution >= 0.6 is 11.8 Å². The van der Waals surface area contributed by atoms with Gasteiger partial charge in [-0.05, 0) is 54.4 Å². The highest BCUT2D eigenvalue weighted by atomic mass is 32.2. The molecule has 2 nitrogen and oxygen atoms in total. The number of fused-ring (bicyclic) bond motifs is 2. The van der Waals surface area contributed by atoms with Crippen LogP contribution in [0.3, 0.4) is 0 Å². The van der Waals surface area contributed by atoms with E-state index in [4.69, 9.17) is 5.26 Å². The molecule has 4 aromatic carbocycles. The van der Waals surface area contributed by atoms with Crippen molar-refractivity contribution in [2.45, 2.75) is 22.6 Å². The van der Waals surface area contributed by atoms with Crippen LogP contribution in [0.25, 0.3) is 0 Å². The summed E-state index contributed by atoms with van der Waals surface area (Å²) in [6, 6.07) is 35.6. The maximum Gasteiger partial charge on any atom is 0.0625 e. The van der Waals surface area contributed by atoms with Gasteiger partial charge in [0.05, 0.1) is 23.1 Å². The Morgan fingerprint density at radius 2 is 1.16 bits per heavy atom. The number of nitriles is 1. The Labute approximate surface area is 193 Å². The second-order valence-corrected chi connectivity index (χ2v) is 8.54. The first-order valence-corrected chi connectivity index (χ1v) is 11.4. The molecule has 1 aliphatic rings. The minimum atomic E-state index is 0.494. The summed E-state index contributed by atoms with van der Waals surface area (Å²) in [5, 5.41) is 8.97. The van der Waals surface area contributed by atoms with Crippen LogP contribution in [-0.2, 0) is 6.42 Å². The third kappa shape index (κ3) is 3.87.